The fourth-order valence-corrected chi connectivity index (χ4v) is 4.19. The molecule has 6 rings (SSSR count). The van der Waals surface area contributed by atoms with Gasteiger partial charge in [0.05, 0.1) is 29.0 Å². The molecule has 3 aliphatic rings. The topological polar surface area (TPSA) is 272 Å². The summed E-state index contributed by atoms with van der Waals surface area (Å²) < 4.78 is 8.85. The van der Waals surface area contributed by atoms with Gasteiger partial charge in [0.2, 0.25) is 0 Å². The second kappa shape index (κ2) is 42.6. The van der Waals surface area contributed by atoms with Crippen molar-refractivity contribution in [3.63, 3.8) is 0 Å². The third-order valence-electron chi connectivity index (χ3n) is 6.98. The minimum Gasteiger partial charge on any atom is -0.661 e. The van der Waals surface area contributed by atoms with Crippen molar-refractivity contribution in [3.8, 4) is 0 Å². The largest absolute Gasteiger partial charge is 1.00 e. The molecular formula is C38H60N9O10Y2-3. The standard InChI is InChI=1S/C6H12N2O2.C6H11N2O2.3C6H5NO2.C4H9N2.C2H6.2CH3.2Y/c2*1-10-6(9)8-5-2-3-7-4-5;3*8-7(9)6-4-2-1-3-5-6;5-4-1-2-6-3-4;1-2;;;;/h5,7H,2-4H2,1H3,(H,8,9);5H,2-4H2,1H3,(H,8,9);3*1-5H;4H,1-3,5H2;1-2H3;2*1H3;;/q;-1;;;;-1;;2*-1;;/p+1. The van der Waals surface area contributed by atoms with E-state index < -0.39 is 14.8 Å². The van der Waals surface area contributed by atoms with Gasteiger partial charge >= 0.3 is 13.6 Å². The van der Waals surface area contributed by atoms with Crippen LogP contribution >= 0.6 is 0 Å². The maximum atomic E-state index is 10.6. The molecule has 3 heterocycles. The summed E-state index contributed by atoms with van der Waals surface area (Å²) in [6.45, 7) is 9.30. The Balaban J connectivity index is -0.000000143. The van der Waals surface area contributed by atoms with Gasteiger partial charge in [-0.15, -0.1) is 26.2 Å². The van der Waals surface area contributed by atoms with E-state index in [1.54, 1.807) is 54.6 Å². The van der Waals surface area contributed by atoms with Gasteiger partial charge in [-0.2, -0.15) is 0 Å². The smallest absolute Gasteiger partial charge is 0.661 e. The van der Waals surface area contributed by atoms with Gasteiger partial charge in [0.1, 0.15) is 0 Å². The van der Waals surface area contributed by atoms with Crippen molar-refractivity contribution in [2.75, 3.05) is 53.5 Å². The van der Waals surface area contributed by atoms with E-state index in [0.29, 0.717) is 6.04 Å². The third-order valence-corrected chi connectivity index (χ3v) is 6.98. The predicted molar refractivity (Wildman–Crippen MR) is 224 cm³/mol. The third kappa shape index (κ3) is 35.0. The Bertz CT molecular complexity index is 1330. The molecule has 3 aliphatic heterocycles. The van der Waals surface area contributed by atoms with Crippen LogP contribution in [0.3, 0.4) is 0 Å². The summed E-state index contributed by atoms with van der Waals surface area (Å²) in [5.41, 5.74) is 5.85. The molecule has 2 amide bonds. The number of alkyl carbamates (subject to hydrolysis) is 2. The monoisotopic (exact) mass is 980 g/mol. The Morgan fingerprint density at radius 2 is 1.02 bits per heavy atom. The van der Waals surface area contributed by atoms with Crippen LogP contribution in [-0.4, -0.2) is 98.6 Å². The second-order valence-corrected chi connectivity index (χ2v) is 11.0. The Labute approximate surface area is 400 Å². The van der Waals surface area contributed by atoms with E-state index in [-0.39, 0.29) is 123 Å². The Morgan fingerprint density at radius 1 is 0.661 bits per heavy atom. The molecule has 3 saturated heterocycles. The van der Waals surface area contributed by atoms with Crippen LogP contribution in [0.1, 0.15) is 34.5 Å². The molecule has 0 spiro atoms. The van der Waals surface area contributed by atoms with Crippen molar-refractivity contribution in [1.82, 2.24) is 16.0 Å². The number of nitro benzene ring substituents is 3. The quantitative estimate of drug-likeness (QED) is 0.113. The van der Waals surface area contributed by atoms with Crippen LogP contribution in [0.4, 0.5) is 26.7 Å². The van der Waals surface area contributed by atoms with Crippen LogP contribution in [0.15, 0.2) is 91.0 Å². The first-order valence-electron chi connectivity index (χ1n) is 17.5. The Morgan fingerprint density at radius 3 is 1.24 bits per heavy atom. The van der Waals surface area contributed by atoms with Gasteiger partial charge in [-0.25, -0.2) is 9.59 Å². The zero-order valence-corrected chi connectivity index (χ0v) is 40.5. The van der Waals surface area contributed by atoms with Crippen LogP contribution in [0.5, 0.6) is 0 Å². The average Bonchev–Trinajstić information content (AvgIpc) is 4.04. The van der Waals surface area contributed by atoms with E-state index in [9.17, 15) is 39.9 Å². The van der Waals surface area contributed by atoms with Gasteiger partial charge in [0, 0.05) is 120 Å². The maximum Gasteiger partial charge on any atom is 1.00 e. The van der Waals surface area contributed by atoms with Gasteiger partial charge < -0.3 is 56.6 Å². The van der Waals surface area contributed by atoms with Crippen LogP contribution in [0, 0.1) is 45.2 Å². The molecule has 3 fully saturated rings. The van der Waals surface area contributed by atoms with E-state index in [1.807, 2.05) is 13.8 Å². The van der Waals surface area contributed by atoms with Crippen molar-refractivity contribution in [2.24, 2.45) is 5.73 Å². The molecule has 2 radical (unpaired) electrons. The number of nitrogens with zero attached hydrogens (tertiary/aromatic N) is 5. The van der Waals surface area contributed by atoms with Crippen LogP contribution in [0.2, 0.25) is 0 Å². The average molecular weight is 981 g/mol. The number of methoxy groups -OCH3 is 2. The first-order chi connectivity index (χ1) is 26.5. The number of ether oxygens (including phenoxy) is 2. The van der Waals surface area contributed by atoms with Crippen LogP contribution in [-0.2, 0) is 74.9 Å². The zero-order valence-electron chi connectivity index (χ0n) is 35.8. The SMILES string of the molecule is CC.COC(=O)NC1CCNC1.COC(=O)NC1CC[N-]C1.NC1CC[N-]C1.O=[N+]([O-])c1ccccc1.O=[N+]([O-])c1ccccc1.O=[N+]([O-])c1ccccc1.[CH3-].[CH3-].[H+].[Y].[Y]. The molecule has 0 aliphatic carbocycles. The molecule has 0 saturated carbocycles. The number of carbonyl (C=O) groups is 2. The number of carbonyl (C=O) groups excluding carboxylic acids is 2. The molecule has 5 N–H and O–H groups in total. The Hall–Kier alpha value is -3.55. The van der Waals surface area contributed by atoms with Crippen LogP contribution in [0.25, 0.3) is 10.6 Å². The number of nitro groups is 3. The second-order valence-electron chi connectivity index (χ2n) is 11.0. The van der Waals surface area contributed by atoms with E-state index in [4.69, 9.17) is 5.73 Å². The zero-order chi connectivity index (χ0) is 41.3. The molecule has 3 unspecified atom stereocenters. The molecular weight excluding hydrogens is 920 g/mol. The number of rotatable bonds is 5. The summed E-state index contributed by atoms with van der Waals surface area (Å²) >= 11 is 0. The number of nitrogens with one attached hydrogen (secondary N) is 3. The molecule has 0 aromatic heterocycles. The normalized spacial score (nSPS) is 15.9. The summed E-state index contributed by atoms with van der Waals surface area (Å²) in [6.07, 6.45) is 2.33. The van der Waals surface area contributed by atoms with Gasteiger partial charge in [0.25, 0.3) is 17.1 Å². The number of hydrogen-bond donors (Lipinski definition) is 4. The van der Waals surface area contributed by atoms with Gasteiger partial charge in [-0.05, 0) is 19.0 Å². The summed E-state index contributed by atoms with van der Waals surface area (Å²) in [5.74, 6) is 0. The van der Waals surface area contributed by atoms with Crippen molar-refractivity contribution in [1.29, 1.82) is 0 Å². The fourth-order valence-electron chi connectivity index (χ4n) is 4.19. The number of non-ortho nitro benzene ring substituents is 3. The fraction of sp³-hybridized carbons (Fsp3) is 0.421. The summed E-state index contributed by atoms with van der Waals surface area (Å²) in [4.78, 5) is 50.0. The summed E-state index contributed by atoms with van der Waals surface area (Å²) in [5, 5.41) is 46.7. The minimum absolute atomic E-state index is 0. The van der Waals surface area contributed by atoms with E-state index in [2.05, 4.69) is 36.1 Å². The Kier molecular flexibility index (Phi) is 46.6. The van der Waals surface area contributed by atoms with Crippen LogP contribution < -0.4 is 21.7 Å². The number of amides is 2. The molecule has 3 atom stereocenters. The number of hydrogen-bond acceptors (Lipinski definition) is 12. The maximum absolute atomic E-state index is 10.6. The summed E-state index contributed by atoms with van der Waals surface area (Å²) in [7, 11) is 2.74. The number of nitrogens with two attached hydrogens (primary N) is 1. The van der Waals surface area contributed by atoms with Gasteiger partial charge in [0.15, 0.2) is 0 Å². The molecule has 59 heavy (non-hydrogen) atoms. The van der Waals surface area contributed by atoms with E-state index >= 15 is 0 Å². The number of benzene rings is 3. The molecule has 19 nitrogen and oxygen atoms in total. The molecule has 326 valence electrons. The van der Waals surface area contributed by atoms with Gasteiger partial charge in [-0.3, -0.25) is 30.3 Å². The minimum atomic E-state index is -0.417. The molecule has 3 aromatic carbocycles. The van der Waals surface area contributed by atoms with Crippen molar-refractivity contribution >= 4 is 29.2 Å². The van der Waals surface area contributed by atoms with Crippen molar-refractivity contribution < 1.29 is 101 Å². The van der Waals surface area contributed by atoms with Crippen molar-refractivity contribution in [3.05, 3.63) is 147 Å². The molecule has 21 heteroatoms. The molecule has 3 aromatic rings. The van der Waals surface area contributed by atoms with E-state index in [0.717, 1.165) is 58.5 Å². The predicted octanol–water partition coefficient (Wildman–Crippen LogP) is 7.10. The first-order valence-corrected chi connectivity index (χ1v) is 17.5. The van der Waals surface area contributed by atoms with Crippen molar-refractivity contribution in [2.45, 2.75) is 51.2 Å². The number of para-hydroxylation sites is 3. The first kappa shape index (κ1) is 64.6. The summed E-state index contributed by atoms with van der Waals surface area (Å²) in [6, 6.07) is 24.6. The van der Waals surface area contributed by atoms with E-state index in [1.165, 1.54) is 50.6 Å². The molecule has 0 bridgehead atoms. The van der Waals surface area contributed by atoms with Gasteiger partial charge in [-0.1, -0.05) is 81.3 Å².